The van der Waals surface area contributed by atoms with E-state index in [0.29, 0.717) is 23.2 Å². The first-order valence-electron chi connectivity index (χ1n) is 7.73. The lowest BCUT2D eigenvalue weighted by Crippen LogP contribution is -2.08. The number of hydrogen-bond acceptors (Lipinski definition) is 7. The zero-order valence-electron chi connectivity index (χ0n) is 13.5. The molecule has 3 aromatic rings. The summed E-state index contributed by atoms with van der Waals surface area (Å²) in [6.45, 7) is 3.95. The molecule has 0 fully saturated rings. The summed E-state index contributed by atoms with van der Waals surface area (Å²) in [5, 5.41) is 6.49. The van der Waals surface area contributed by atoms with Crippen molar-refractivity contribution < 1.29 is 14.1 Å². The molecule has 0 bridgehead atoms. The van der Waals surface area contributed by atoms with Gasteiger partial charge in [-0.05, 0) is 25.5 Å². The number of ether oxygens (including phenoxy) is 1. The lowest BCUT2D eigenvalue weighted by Gasteiger charge is -2.03. The Morgan fingerprint density at radius 3 is 2.96 bits per heavy atom. The van der Waals surface area contributed by atoms with E-state index in [-0.39, 0.29) is 0 Å². The molecule has 24 heavy (non-hydrogen) atoms. The van der Waals surface area contributed by atoms with E-state index in [4.69, 9.17) is 9.26 Å². The van der Waals surface area contributed by atoms with E-state index in [0.717, 1.165) is 29.8 Å². The van der Waals surface area contributed by atoms with Gasteiger partial charge in [0.05, 0.1) is 5.01 Å². The van der Waals surface area contributed by atoms with Crippen LogP contribution in [0, 0.1) is 6.92 Å². The lowest BCUT2D eigenvalue weighted by atomic mass is 10.2. The number of thiazole rings is 1. The normalized spacial score (nSPS) is 10.8. The summed E-state index contributed by atoms with van der Waals surface area (Å²) < 4.78 is 10.6. The predicted octanol–water partition coefficient (Wildman–Crippen LogP) is 4.06. The number of hydrogen-bond donors (Lipinski definition) is 0. The summed E-state index contributed by atoms with van der Waals surface area (Å²) in [5.74, 6) is 1.05. The Labute approximate surface area is 143 Å². The van der Waals surface area contributed by atoms with Gasteiger partial charge in [-0.1, -0.05) is 30.6 Å². The van der Waals surface area contributed by atoms with Crippen LogP contribution in [0.25, 0.3) is 11.4 Å². The van der Waals surface area contributed by atoms with Crippen molar-refractivity contribution in [2.45, 2.75) is 33.1 Å². The zero-order chi connectivity index (χ0) is 16.9. The second kappa shape index (κ2) is 7.35. The number of aromatic nitrogens is 3. The first-order valence-corrected chi connectivity index (χ1v) is 8.61. The smallest absolute Gasteiger partial charge is 0.363 e. The molecular weight excluding hydrogens is 326 g/mol. The minimum absolute atomic E-state index is 0.310. The first-order chi connectivity index (χ1) is 11.7. The average Bonchev–Trinajstić information content (AvgIpc) is 3.22. The maximum atomic E-state index is 12.1. The van der Waals surface area contributed by atoms with Gasteiger partial charge in [0.25, 0.3) is 0 Å². The minimum Gasteiger partial charge on any atom is -0.422 e. The molecule has 0 aliphatic rings. The van der Waals surface area contributed by atoms with Gasteiger partial charge in [-0.3, -0.25) is 0 Å². The van der Waals surface area contributed by atoms with Crippen LogP contribution in [0.15, 0.2) is 34.2 Å². The molecule has 2 aromatic heterocycles. The molecule has 124 valence electrons. The Kier molecular flexibility index (Phi) is 5.00. The van der Waals surface area contributed by atoms with E-state index in [1.807, 2.05) is 13.0 Å². The fourth-order valence-electron chi connectivity index (χ4n) is 2.12. The van der Waals surface area contributed by atoms with Gasteiger partial charge in [0, 0.05) is 17.4 Å². The topological polar surface area (TPSA) is 78.1 Å². The molecule has 0 saturated carbocycles. The highest BCUT2D eigenvalue weighted by Crippen LogP contribution is 2.23. The summed E-state index contributed by atoms with van der Waals surface area (Å²) in [5.41, 5.74) is 1.05. The van der Waals surface area contributed by atoms with Crippen LogP contribution in [0.4, 0.5) is 0 Å². The second-order valence-electron chi connectivity index (χ2n) is 5.28. The number of carbonyl (C=O) groups excluding carboxylic acids is 1. The largest absolute Gasteiger partial charge is 0.422 e. The Bertz CT molecular complexity index is 841. The van der Waals surface area contributed by atoms with Crippen molar-refractivity contribution in [1.82, 2.24) is 15.1 Å². The van der Waals surface area contributed by atoms with Gasteiger partial charge < -0.3 is 9.26 Å². The third kappa shape index (κ3) is 3.86. The molecule has 0 aliphatic heterocycles. The van der Waals surface area contributed by atoms with Crippen LogP contribution >= 0.6 is 11.3 Å². The highest BCUT2D eigenvalue weighted by atomic mass is 32.1. The van der Waals surface area contributed by atoms with Gasteiger partial charge in [0.1, 0.15) is 5.75 Å². The molecule has 2 heterocycles. The molecule has 0 amide bonds. The standard InChI is InChI=1S/C17H17N3O3S/c1-3-4-8-15-19-16(20-23-15)12-6-5-7-13(9-12)22-17(21)14-10-24-11(2)18-14/h5-7,9-10H,3-4,8H2,1-2H3. The zero-order valence-corrected chi connectivity index (χ0v) is 14.3. The Morgan fingerprint density at radius 2 is 2.21 bits per heavy atom. The molecule has 3 rings (SSSR count). The molecule has 0 unspecified atom stereocenters. The molecule has 0 saturated heterocycles. The fourth-order valence-corrected chi connectivity index (χ4v) is 2.70. The minimum atomic E-state index is -0.478. The molecular formula is C17H17N3O3S. The molecule has 7 heteroatoms. The van der Waals surface area contributed by atoms with Crippen LogP contribution in [-0.2, 0) is 6.42 Å². The van der Waals surface area contributed by atoms with Crippen molar-refractivity contribution in [3.8, 4) is 17.1 Å². The SMILES string of the molecule is CCCCc1nc(-c2cccc(OC(=O)c3csc(C)n3)c2)no1. The monoisotopic (exact) mass is 343 g/mol. The van der Waals surface area contributed by atoms with Gasteiger partial charge in [-0.25, -0.2) is 9.78 Å². The average molecular weight is 343 g/mol. The number of benzene rings is 1. The molecule has 0 spiro atoms. The number of nitrogens with zero attached hydrogens (tertiary/aromatic N) is 3. The third-order valence-corrected chi connectivity index (χ3v) is 4.12. The van der Waals surface area contributed by atoms with Crippen molar-refractivity contribution >= 4 is 17.3 Å². The van der Waals surface area contributed by atoms with E-state index in [9.17, 15) is 4.79 Å². The van der Waals surface area contributed by atoms with Crippen LogP contribution in [0.5, 0.6) is 5.75 Å². The highest BCUT2D eigenvalue weighted by Gasteiger charge is 2.14. The maximum absolute atomic E-state index is 12.1. The number of esters is 1. The quantitative estimate of drug-likeness (QED) is 0.496. The molecule has 0 radical (unpaired) electrons. The van der Waals surface area contributed by atoms with Crippen molar-refractivity contribution in [2.75, 3.05) is 0 Å². The summed E-state index contributed by atoms with van der Waals surface area (Å²) in [6.07, 6.45) is 2.84. The Hall–Kier alpha value is -2.54. The van der Waals surface area contributed by atoms with Crippen molar-refractivity contribution in [3.63, 3.8) is 0 Å². The van der Waals surface area contributed by atoms with Crippen LogP contribution in [-0.4, -0.2) is 21.1 Å². The Morgan fingerprint density at radius 1 is 1.33 bits per heavy atom. The fraction of sp³-hybridized carbons (Fsp3) is 0.294. The van der Waals surface area contributed by atoms with Gasteiger partial charge >= 0.3 is 5.97 Å². The maximum Gasteiger partial charge on any atom is 0.363 e. The molecule has 0 aliphatic carbocycles. The van der Waals surface area contributed by atoms with E-state index in [1.54, 1.807) is 23.6 Å². The van der Waals surface area contributed by atoms with E-state index in [2.05, 4.69) is 22.0 Å². The van der Waals surface area contributed by atoms with Crippen molar-refractivity contribution in [3.05, 3.63) is 46.2 Å². The summed E-state index contributed by atoms with van der Waals surface area (Å²) in [7, 11) is 0. The molecule has 0 atom stereocenters. The van der Waals surface area contributed by atoms with Gasteiger partial charge in [-0.15, -0.1) is 11.3 Å². The third-order valence-electron chi connectivity index (χ3n) is 3.34. The first kappa shape index (κ1) is 16.3. The number of rotatable bonds is 6. The van der Waals surface area contributed by atoms with E-state index < -0.39 is 5.97 Å². The summed E-state index contributed by atoms with van der Waals surface area (Å²) >= 11 is 1.41. The van der Waals surface area contributed by atoms with Gasteiger partial charge in [-0.2, -0.15) is 4.98 Å². The highest BCUT2D eigenvalue weighted by molar-refractivity contribution is 7.09. The molecule has 0 N–H and O–H groups in total. The lowest BCUT2D eigenvalue weighted by molar-refractivity contribution is 0.0729. The second-order valence-corrected chi connectivity index (χ2v) is 6.35. The summed E-state index contributed by atoms with van der Waals surface area (Å²) in [6, 6.07) is 7.05. The van der Waals surface area contributed by atoms with E-state index >= 15 is 0 Å². The molecule has 6 nitrogen and oxygen atoms in total. The van der Waals surface area contributed by atoms with Crippen LogP contribution in [0.2, 0.25) is 0 Å². The van der Waals surface area contributed by atoms with Crippen LogP contribution in [0.3, 0.4) is 0 Å². The molecule has 1 aromatic carbocycles. The van der Waals surface area contributed by atoms with Gasteiger partial charge in [0.15, 0.2) is 5.69 Å². The summed E-state index contributed by atoms with van der Waals surface area (Å²) in [4.78, 5) is 20.6. The Balaban J connectivity index is 1.74. The predicted molar refractivity (Wildman–Crippen MR) is 90.2 cm³/mol. The van der Waals surface area contributed by atoms with Crippen molar-refractivity contribution in [2.24, 2.45) is 0 Å². The van der Waals surface area contributed by atoms with Crippen LogP contribution in [0.1, 0.15) is 41.2 Å². The number of unbranched alkanes of at least 4 members (excludes halogenated alkanes) is 1. The van der Waals surface area contributed by atoms with Gasteiger partial charge in [0.2, 0.25) is 11.7 Å². The van der Waals surface area contributed by atoms with Crippen molar-refractivity contribution in [1.29, 1.82) is 0 Å². The number of carbonyl (C=O) groups is 1. The van der Waals surface area contributed by atoms with Crippen LogP contribution < -0.4 is 4.74 Å². The van der Waals surface area contributed by atoms with E-state index in [1.165, 1.54) is 11.3 Å². The number of aryl methyl sites for hydroxylation is 2.